The number of carbonyl (C=O) groups is 2. The van der Waals surface area contributed by atoms with Crippen LogP contribution in [0, 0.1) is 0 Å². The Labute approximate surface area is 170 Å². The lowest BCUT2D eigenvalue weighted by molar-refractivity contribution is -0.139. The van der Waals surface area contributed by atoms with Gasteiger partial charge in [-0.2, -0.15) is 0 Å². The Kier molecular flexibility index (Phi) is 24.7. The Morgan fingerprint density at radius 2 is 1.36 bits per heavy atom. The SMILES string of the molecule is CCCCCCCCC1CO1.NCCNCCN.O=C(O)CCCCC(=O)O. The topological polar surface area (TPSA) is 151 Å². The van der Waals surface area contributed by atoms with Gasteiger partial charge in [0.15, 0.2) is 0 Å². The summed E-state index contributed by atoms with van der Waals surface area (Å²) >= 11 is 0. The van der Waals surface area contributed by atoms with Crippen LogP contribution in [0.4, 0.5) is 0 Å². The fourth-order valence-corrected chi connectivity index (χ4v) is 2.27. The van der Waals surface area contributed by atoms with Crippen LogP contribution in [0.2, 0.25) is 0 Å². The first-order valence-electron chi connectivity index (χ1n) is 10.6. The summed E-state index contributed by atoms with van der Waals surface area (Å²) in [6.07, 6.45) is 11.4. The highest BCUT2D eigenvalue weighted by atomic mass is 16.6. The fraction of sp³-hybridized carbons (Fsp3) is 0.900. The third-order valence-electron chi connectivity index (χ3n) is 3.96. The van der Waals surface area contributed by atoms with Gasteiger partial charge in [-0.25, -0.2) is 0 Å². The minimum Gasteiger partial charge on any atom is -0.481 e. The van der Waals surface area contributed by atoms with Gasteiger partial charge in [0.05, 0.1) is 12.7 Å². The van der Waals surface area contributed by atoms with Crippen LogP contribution in [0.15, 0.2) is 0 Å². The van der Waals surface area contributed by atoms with E-state index in [9.17, 15) is 9.59 Å². The first-order chi connectivity index (χ1) is 13.5. The second kappa shape index (κ2) is 23.8. The van der Waals surface area contributed by atoms with Crippen LogP contribution in [0.5, 0.6) is 0 Å². The van der Waals surface area contributed by atoms with Gasteiger partial charge < -0.3 is 31.7 Å². The molecule has 0 amide bonds. The molecule has 28 heavy (non-hydrogen) atoms. The molecule has 0 aromatic rings. The summed E-state index contributed by atoms with van der Waals surface area (Å²) in [5, 5.41) is 19.3. The lowest BCUT2D eigenvalue weighted by Gasteiger charge is -1.97. The molecule has 1 unspecified atom stereocenters. The lowest BCUT2D eigenvalue weighted by Crippen LogP contribution is -2.27. The molecule has 0 bridgehead atoms. The molecule has 1 saturated heterocycles. The predicted octanol–water partition coefficient (Wildman–Crippen LogP) is 2.35. The van der Waals surface area contributed by atoms with Crippen LogP contribution in [0.25, 0.3) is 0 Å². The number of hydrogen-bond donors (Lipinski definition) is 5. The maximum Gasteiger partial charge on any atom is 0.303 e. The van der Waals surface area contributed by atoms with E-state index in [1.165, 1.54) is 44.9 Å². The molecule has 1 fully saturated rings. The van der Waals surface area contributed by atoms with E-state index in [0.29, 0.717) is 32.0 Å². The van der Waals surface area contributed by atoms with E-state index >= 15 is 0 Å². The van der Waals surface area contributed by atoms with Gasteiger partial charge in [0.2, 0.25) is 0 Å². The molecule has 1 aliphatic heterocycles. The van der Waals surface area contributed by atoms with E-state index in [-0.39, 0.29) is 12.8 Å². The molecule has 0 aliphatic carbocycles. The molecular formula is C20H43N3O5. The number of nitrogens with two attached hydrogens (primary N) is 2. The zero-order valence-corrected chi connectivity index (χ0v) is 17.7. The average molecular weight is 406 g/mol. The van der Waals surface area contributed by atoms with Crippen molar-refractivity contribution in [3.05, 3.63) is 0 Å². The van der Waals surface area contributed by atoms with Crippen molar-refractivity contribution in [3.8, 4) is 0 Å². The standard InChI is InChI=1S/C10H20O.C6H10O4.C4H13N3/c1-2-3-4-5-6-7-8-10-9-11-10;7-5(8)3-1-2-4-6(9)10;5-1-3-7-4-2-6/h10H,2-9H2,1H3;1-4H2,(H,7,8)(H,9,10);7H,1-6H2. The highest BCUT2D eigenvalue weighted by molar-refractivity contribution is 5.67. The van der Waals surface area contributed by atoms with E-state index in [1.54, 1.807) is 0 Å². The molecule has 168 valence electrons. The van der Waals surface area contributed by atoms with Gasteiger partial charge in [-0.1, -0.05) is 45.4 Å². The minimum atomic E-state index is -0.870. The molecule has 0 spiro atoms. The summed E-state index contributed by atoms with van der Waals surface area (Å²) < 4.78 is 5.14. The highest BCUT2D eigenvalue weighted by Crippen LogP contribution is 2.17. The zero-order chi connectivity index (χ0) is 21.5. The van der Waals surface area contributed by atoms with Gasteiger partial charge in [-0.3, -0.25) is 9.59 Å². The number of unbranched alkanes of at least 4 members (excludes halogenated alkanes) is 6. The van der Waals surface area contributed by atoms with Crippen molar-refractivity contribution in [2.24, 2.45) is 11.5 Å². The Morgan fingerprint density at radius 3 is 1.75 bits per heavy atom. The summed E-state index contributed by atoms with van der Waals surface area (Å²) in [7, 11) is 0. The van der Waals surface area contributed by atoms with Crippen molar-refractivity contribution in [3.63, 3.8) is 0 Å². The van der Waals surface area contributed by atoms with Gasteiger partial charge in [-0.05, 0) is 19.3 Å². The summed E-state index contributed by atoms with van der Waals surface area (Å²) in [6, 6.07) is 0. The molecule has 0 aromatic heterocycles. The Balaban J connectivity index is 0. The van der Waals surface area contributed by atoms with Gasteiger partial charge in [0, 0.05) is 39.0 Å². The van der Waals surface area contributed by atoms with Crippen molar-refractivity contribution < 1.29 is 24.5 Å². The van der Waals surface area contributed by atoms with Crippen LogP contribution < -0.4 is 16.8 Å². The maximum atomic E-state index is 9.90. The first kappa shape index (κ1) is 29.0. The molecule has 1 atom stereocenters. The fourth-order valence-electron chi connectivity index (χ4n) is 2.27. The molecular weight excluding hydrogens is 362 g/mol. The normalized spacial score (nSPS) is 14.3. The van der Waals surface area contributed by atoms with Crippen molar-refractivity contribution in [1.82, 2.24) is 5.32 Å². The monoisotopic (exact) mass is 405 g/mol. The van der Waals surface area contributed by atoms with Gasteiger partial charge >= 0.3 is 11.9 Å². The van der Waals surface area contributed by atoms with Gasteiger partial charge in [0.25, 0.3) is 0 Å². The molecule has 7 N–H and O–H groups in total. The molecule has 1 aliphatic rings. The molecule has 0 aromatic carbocycles. The highest BCUT2D eigenvalue weighted by Gasteiger charge is 2.20. The van der Waals surface area contributed by atoms with Crippen LogP contribution in [-0.4, -0.2) is 61.0 Å². The van der Waals surface area contributed by atoms with Gasteiger partial charge in [0.1, 0.15) is 0 Å². The molecule has 8 nitrogen and oxygen atoms in total. The second-order valence-electron chi connectivity index (χ2n) is 6.83. The first-order valence-corrected chi connectivity index (χ1v) is 10.6. The Morgan fingerprint density at radius 1 is 0.893 bits per heavy atom. The number of carboxylic acids is 2. The number of nitrogens with one attached hydrogen (secondary N) is 1. The van der Waals surface area contributed by atoms with E-state index in [1.807, 2.05) is 0 Å². The molecule has 0 saturated carbocycles. The van der Waals surface area contributed by atoms with Crippen molar-refractivity contribution >= 4 is 11.9 Å². The lowest BCUT2D eigenvalue weighted by atomic mass is 10.1. The smallest absolute Gasteiger partial charge is 0.303 e. The average Bonchev–Trinajstić information content (AvgIpc) is 3.47. The molecule has 1 heterocycles. The van der Waals surface area contributed by atoms with Crippen molar-refractivity contribution in [2.75, 3.05) is 32.8 Å². The van der Waals surface area contributed by atoms with E-state index in [0.717, 1.165) is 19.7 Å². The van der Waals surface area contributed by atoms with Crippen LogP contribution in [0.1, 0.15) is 77.6 Å². The van der Waals surface area contributed by atoms with Crippen molar-refractivity contribution in [2.45, 2.75) is 83.7 Å². The van der Waals surface area contributed by atoms with E-state index in [2.05, 4.69) is 12.2 Å². The number of ether oxygens (including phenoxy) is 1. The van der Waals surface area contributed by atoms with Gasteiger partial charge in [-0.15, -0.1) is 0 Å². The van der Waals surface area contributed by atoms with E-state index < -0.39 is 11.9 Å². The third-order valence-corrected chi connectivity index (χ3v) is 3.96. The van der Waals surface area contributed by atoms with Crippen LogP contribution >= 0.6 is 0 Å². The summed E-state index contributed by atoms with van der Waals surface area (Å²) in [5.41, 5.74) is 10.3. The number of aliphatic carboxylic acids is 2. The molecule has 0 radical (unpaired) electrons. The number of hydrogen-bond acceptors (Lipinski definition) is 6. The summed E-state index contributed by atoms with van der Waals surface area (Å²) in [4.78, 5) is 19.8. The number of carboxylic acid groups (broad SMARTS) is 2. The van der Waals surface area contributed by atoms with Crippen molar-refractivity contribution in [1.29, 1.82) is 0 Å². The third kappa shape index (κ3) is 32.5. The second-order valence-corrected chi connectivity index (χ2v) is 6.83. The number of epoxide rings is 1. The Hall–Kier alpha value is -1.22. The Bertz CT molecular complexity index is 333. The van der Waals surface area contributed by atoms with E-state index in [4.69, 9.17) is 26.4 Å². The minimum absolute atomic E-state index is 0.0628. The zero-order valence-electron chi connectivity index (χ0n) is 17.7. The summed E-state index contributed by atoms with van der Waals surface area (Å²) in [6.45, 7) is 6.43. The summed E-state index contributed by atoms with van der Waals surface area (Å²) in [5.74, 6) is -1.74. The van der Waals surface area contributed by atoms with Crippen LogP contribution in [-0.2, 0) is 14.3 Å². The predicted molar refractivity (Wildman–Crippen MR) is 112 cm³/mol. The maximum absolute atomic E-state index is 9.90. The largest absolute Gasteiger partial charge is 0.481 e. The number of rotatable bonds is 16. The molecule has 8 heteroatoms. The quantitative estimate of drug-likeness (QED) is 0.194. The van der Waals surface area contributed by atoms with Crippen LogP contribution in [0.3, 0.4) is 0 Å². The molecule has 1 rings (SSSR count).